The van der Waals surface area contributed by atoms with Gasteiger partial charge in [0.2, 0.25) is 0 Å². The maximum absolute atomic E-state index is 12.8. The number of thiophene rings is 1. The number of halogens is 4. The van der Waals surface area contributed by atoms with E-state index in [1.54, 1.807) is 6.07 Å². The molecule has 96 valence electrons. The van der Waals surface area contributed by atoms with Crippen LogP contribution in [-0.4, -0.2) is 5.11 Å². The number of alkyl halides is 3. The summed E-state index contributed by atoms with van der Waals surface area (Å²) in [4.78, 5) is 0.386. The Morgan fingerprint density at radius 3 is 2.33 bits per heavy atom. The van der Waals surface area contributed by atoms with E-state index < -0.39 is 17.8 Å². The number of benzene rings is 1. The molecule has 1 N–H and O–H groups in total. The van der Waals surface area contributed by atoms with Crippen molar-refractivity contribution in [3.8, 4) is 0 Å². The van der Waals surface area contributed by atoms with Gasteiger partial charge in [-0.25, -0.2) is 0 Å². The fourth-order valence-electron chi connectivity index (χ4n) is 1.62. The van der Waals surface area contributed by atoms with Gasteiger partial charge in [0.05, 0.1) is 9.90 Å². The molecule has 0 spiro atoms. The Morgan fingerprint density at radius 1 is 1.11 bits per heavy atom. The van der Waals surface area contributed by atoms with Gasteiger partial charge in [0.15, 0.2) is 0 Å². The molecule has 1 heterocycles. The van der Waals surface area contributed by atoms with Crippen molar-refractivity contribution in [3.63, 3.8) is 0 Å². The molecule has 1 unspecified atom stereocenters. The molecule has 2 aromatic rings. The van der Waals surface area contributed by atoms with Crippen molar-refractivity contribution in [3.05, 3.63) is 56.7 Å². The number of hydrogen-bond acceptors (Lipinski definition) is 2. The van der Waals surface area contributed by atoms with Crippen LogP contribution in [0.1, 0.15) is 22.1 Å². The normalized spacial score (nSPS) is 13.6. The molecular weight excluding hydrogens is 285 g/mol. The highest BCUT2D eigenvalue weighted by atomic mass is 35.5. The van der Waals surface area contributed by atoms with E-state index in [0.717, 1.165) is 17.4 Å². The van der Waals surface area contributed by atoms with E-state index in [1.165, 1.54) is 24.3 Å². The summed E-state index contributed by atoms with van der Waals surface area (Å²) in [5.41, 5.74) is -0.995. The van der Waals surface area contributed by atoms with Crippen molar-refractivity contribution >= 4 is 22.9 Å². The van der Waals surface area contributed by atoms with Crippen LogP contribution in [0, 0.1) is 0 Å². The van der Waals surface area contributed by atoms with Gasteiger partial charge in [-0.05, 0) is 23.8 Å². The molecule has 2 rings (SSSR count). The van der Waals surface area contributed by atoms with Crippen LogP contribution >= 0.6 is 22.9 Å². The summed E-state index contributed by atoms with van der Waals surface area (Å²) in [7, 11) is 0. The van der Waals surface area contributed by atoms with Crippen molar-refractivity contribution < 1.29 is 18.3 Å². The Morgan fingerprint density at radius 2 is 1.78 bits per heavy atom. The summed E-state index contributed by atoms with van der Waals surface area (Å²) in [6.45, 7) is 0. The Bertz CT molecular complexity index is 550. The lowest BCUT2D eigenvalue weighted by molar-refractivity contribution is -0.138. The zero-order chi connectivity index (χ0) is 13.3. The lowest BCUT2D eigenvalue weighted by Crippen LogP contribution is -2.11. The van der Waals surface area contributed by atoms with E-state index in [0.29, 0.717) is 9.21 Å². The van der Waals surface area contributed by atoms with Gasteiger partial charge < -0.3 is 5.11 Å². The first-order chi connectivity index (χ1) is 8.39. The highest BCUT2D eigenvalue weighted by Crippen LogP contribution is 2.38. The minimum atomic E-state index is -4.49. The molecule has 0 aliphatic carbocycles. The van der Waals surface area contributed by atoms with E-state index in [1.807, 2.05) is 0 Å². The first kappa shape index (κ1) is 13.4. The maximum Gasteiger partial charge on any atom is 0.416 e. The Labute approximate surface area is 110 Å². The van der Waals surface area contributed by atoms with Crippen LogP contribution in [0.3, 0.4) is 0 Å². The van der Waals surface area contributed by atoms with Crippen LogP contribution in [0.15, 0.2) is 36.4 Å². The third-order valence-electron chi connectivity index (χ3n) is 2.42. The second kappa shape index (κ2) is 4.91. The largest absolute Gasteiger partial charge is 0.416 e. The Kier molecular flexibility index (Phi) is 3.66. The molecule has 6 heteroatoms. The lowest BCUT2D eigenvalue weighted by Gasteiger charge is -2.16. The second-order valence-electron chi connectivity index (χ2n) is 3.63. The summed E-state index contributed by atoms with van der Waals surface area (Å²) >= 11 is 6.76. The van der Waals surface area contributed by atoms with E-state index in [9.17, 15) is 18.3 Å². The zero-order valence-corrected chi connectivity index (χ0v) is 10.5. The number of aliphatic hydroxyl groups is 1. The average Bonchev–Trinajstić information content (AvgIpc) is 2.74. The SMILES string of the molecule is OC(c1ccc(Cl)s1)c1ccccc1C(F)(F)F. The van der Waals surface area contributed by atoms with Gasteiger partial charge in [0, 0.05) is 4.88 Å². The van der Waals surface area contributed by atoms with E-state index >= 15 is 0 Å². The Balaban J connectivity index is 2.45. The van der Waals surface area contributed by atoms with Crippen molar-refractivity contribution in [1.29, 1.82) is 0 Å². The lowest BCUT2D eigenvalue weighted by atomic mass is 10.0. The van der Waals surface area contributed by atoms with Crippen molar-refractivity contribution in [2.45, 2.75) is 12.3 Å². The van der Waals surface area contributed by atoms with Crippen LogP contribution in [0.5, 0.6) is 0 Å². The van der Waals surface area contributed by atoms with Crippen LogP contribution < -0.4 is 0 Å². The highest BCUT2D eigenvalue weighted by Gasteiger charge is 2.35. The van der Waals surface area contributed by atoms with Gasteiger partial charge in [0.25, 0.3) is 0 Å². The summed E-state index contributed by atoms with van der Waals surface area (Å²) in [5.74, 6) is 0. The summed E-state index contributed by atoms with van der Waals surface area (Å²) in [6, 6.07) is 8.03. The molecule has 0 saturated heterocycles. The number of aliphatic hydroxyl groups excluding tert-OH is 1. The second-order valence-corrected chi connectivity index (χ2v) is 5.38. The molecule has 0 fully saturated rings. The van der Waals surface area contributed by atoms with Gasteiger partial charge in [-0.15, -0.1) is 11.3 Å². The fourth-order valence-corrected chi connectivity index (χ4v) is 2.69. The predicted molar refractivity (Wildman–Crippen MR) is 64.8 cm³/mol. The molecule has 0 aliphatic rings. The molecule has 0 saturated carbocycles. The van der Waals surface area contributed by atoms with Crippen molar-refractivity contribution in [1.82, 2.24) is 0 Å². The van der Waals surface area contributed by atoms with Crippen LogP contribution in [0.2, 0.25) is 4.34 Å². The zero-order valence-electron chi connectivity index (χ0n) is 8.91. The predicted octanol–water partition coefficient (Wildman–Crippen LogP) is 4.50. The standard InChI is InChI=1S/C12H8ClF3OS/c13-10-6-5-9(18-10)11(17)7-3-1-2-4-8(7)12(14,15)16/h1-6,11,17H. The third kappa shape index (κ3) is 2.68. The summed E-state index contributed by atoms with van der Waals surface area (Å²) in [6.07, 6.45) is -5.81. The van der Waals surface area contributed by atoms with Crippen LogP contribution in [-0.2, 0) is 6.18 Å². The molecule has 0 aliphatic heterocycles. The van der Waals surface area contributed by atoms with Crippen LogP contribution in [0.25, 0.3) is 0 Å². The summed E-state index contributed by atoms with van der Waals surface area (Å²) < 4.78 is 38.8. The molecule has 1 atom stereocenters. The number of hydrogen-bond donors (Lipinski definition) is 1. The topological polar surface area (TPSA) is 20.2 Å². The van der Waals surface area contributed by atoms with Gasteiger partial charge in [-0.3, -0.25) is 0 Å². The molecule has 0 radical (unpaired) electrons. The molecule has 1 nitrogen and oxygen atoms in total. The minimum absolute atomic E-state index is 0.163. The molecule has 18 heavy (non-hydrogen) atoms. The average molecular weight is 293 g/mol. The van der Waals surface area contributed by atoms with Crippen molar-refractivity contribution in [2.75, 3.05) is 0 Å². The van der Waals surface area contributed by atoms with E-state index in [-0.39, 0.29) is 5.56 Å². The van der Waals surface area contributed by atoms with Gasteiger partial charge >= 0.3 is 6.18 Å². The monoisotopic (exact) mass is 292 g/mol. The highest BCUT2D eigenvalue weighted by molar-refractivity contribution is 7.16. The smallest absolute Gasteiger partial charge is 0.383 e. The first-order valence-corrected chi connectivity index (χ1v) is 6.18. The summed E-state index contributed by atoms with van der Waals surface area (Å²) in [5, 5.41) is 10.0. The minimum Gasteiger partial charge on any atom is -0.383 e. The van der Waals surface area contributed by atoms with Gasteiger partial charge in [0.1, 0.15) is 6.10 Å². The molecule has 1 aromatic carbocycles. The van der Waals surface area contributed by atoms with Crippen LogP contribution in [0.4, 0.5) is 13.2 Å². The maximum atomic E-state index is 12.8. The van der Waals surface area contributed by atoms with Gasteiger partial charge in [-0.1, -0.05) is 29.8 Å². The first-order valence-electron chi connectivity index (χ1n) is 4.99. The van der Waals surface area contributed by atoms with E-state index in [4.69, 9.17) is 11.6 Å². The van der Waals surface area contributed by atoms with E-state index in [2.05, 4.69) is 0 Å². The molecule has 1 aromatic heterocycles. The fraction of sp³-hybridized carbons (Fsp3) is 0.167. The van der Waals surface area contributed by atoms with Crippen molar-refractivity contribution in [2.24, 2.45) is 0 Å². The molecule has 0 bridgehead atoms. The quantitative estimate of drug-likeness (QED) is 0.864. The third-order valence-corrected chi connectivity index (χ3v) is 3.71. The Hall–Kier alpha value is -1.04. The number of rotatable bonds is 2. The van der Waals surface area contributed by atoms with Gasteiger partial charge in [-0.2, -0.15) is 13.2 Å². The molecular formula is C12H8ClF3OS. The molecule has 0 amide bonds.